The minimum atomic E-state index is -0.140. The lowest BCUT2D eigenvalue weighted by atomic mass is 9.95. The second kappa shape index (κ2) is 12.0. The molecule has 0 spiro atoms. The van der Waals surface area contributed by atoms with Gasteiger partial charge in [-0.15, -0.1) is 0 Å². The summed E-state index contributed by atoms with van der Waals surface area (Å²) in [6, 6.07) is 0. The van der Waals surface area contributed by atoms with Gasteiger partial charge >= 0.3 is 0 Å². The van der Waals surface area contributed by atoms with E-state index in [9.17, 15) is 0 Å². The summed E-state index contributed by atoms with van der Waals surface area (Å²) in [6.45, 7) is 4.94. The Morgan fingerprint density at radius 3 is 1.50 bits per heavy atom. The molecule has 0 aliphatic heterocycles. The van der Waals surface area contributed by atoms with Crippen molar-refractivity contribution in [3.05, 3.63) is 0 Å². The van der Waals surface area contributed by atoms with Gasteiger partial charge < -0.3 is 11.5 Å². The Hall–Kier alpha value is -0.0800. The summed E-state index contributed by atoms with van der Waals surface area (Å²) in [7, 11) is 0. The third kappa shape index (κ3) is 12.4. The van der Waals surface area contributed by atoms with Crippen LogP contribution >= 0.6 is 0 Å². The number of hydrogen-bond acceptors (Lipinski definition) is 2. The molecule has 2 heteroatoms. The largest absolute Gasteiger partial charge is 0.329 e. The van der Waals surface area contributed by atoms with Crippen molar-refractivity contribution in [2.75, 3.05) is 6.54 Å². The lowest BCUT2D eigenvalue weighted by molar-refractivity contribution is 0.415. The average molecular weight is 256 g/mol. The van der Waals surface area contributed by atoms with E-state index >= 15 is 0 Å². The highest BCUT2D eigenvalue weighted by Gasteiger charge is 2.14. The summed E-state index contributed by atoms with van der Waals surface area (Å²) in [4.78, 5) is 0. The van der Waals surface area contributed by atoms with E-state index in [0.717, 1.165) is 6.42 Å². The van der Waals surface area contributed by atoms with Gasteiger partial charge in [0.1, 0.15) is 0 Å². The lowest BCUT2D eigenvalue weighted by Crippen LogP contribution is -2.43. The Bertz CT molecular complexity index is 166. The molecule has 0 aromatic carbocycles. The average Bonchev–Trinajstić information content (AvgIpc) is 2.36. The first kappa shape index (κ1) is 17.9. The van der Waals surface area contributed by atoms with Gasteiger partial charge in [-0.05, 0) is 13.3 Å². The molecule has 0 heterocycles. The van der Waals surface area contributed by atoms with Crippen molar-refractivity contribution in [2.24, 2.45) is 11.5 Å². The zero-order chi connectivity index (χ0) is 13.7. The van der Waals surface area contributed by atoms with Crippen molar-refractivity contribution >= 4 is 0 Å². The summed E-state index contributed by atoms with van der Waals surface area (Å²) in [6.07, 6.45) is 16.3. The van der Waals surface area contributed by atoms with Crippen LogP contribution in [0, 0.1) is 0 Å². The van der Waals surface area contributed by atoms with E-state index in [4.69, 9.17) is 11.5 Å². The normalized spacial score (nSPS) is 14.7. The molecule has 4 N–H and O–H groups in total. The molecule has 18 heavy (non-hydrogen) atoms. The molecule has 0 aromatic rings. The van der Waals surface area contributed by atoms with E-state index < -0.39 is 0 Å². The Balaban J connectivity index is 3.08. The van der Waals surface area contributed by atoms with Crippen LogP contribution in [0.1, 0.15) is 90.9 Å². The Morgan fingerprint density at radius 2 is 1.11 bits per heavy atom. The van der Waals surface area contributed by atoms with Crippen molar-refractivity contribution in [1.82, 2.24) is 0 Å². The Kier molecular flexibility index (Phi) is 11.9. The molecule has 0 aliphatic rings. The summed E-state index contributed by atoms with van der Waals surface area (Å²) >= 11 is 0. The standard InChI is InChI=1S/C16H36N2/c1-3-4-5-6-7-8-9-10-11-12-13-14-16(2,18)15-17/h3-15,17-18H2,1-2H3. The number of hydrogen-bond donors (Lipinski definition) is 2. The van der Waals surface area contributed by atoms with E-state index in [1.165, 1.54) is 70.6 Å². The summed E-state index contributed by atoms with van der Waals surface area (Å²) < 4.78 is 0. The molecular formula is C16H36N2. The third-order valence-corrected chi connectivity index (χ3v) is 3.82. The van der Waals surface area contributed by atoms with Crippen LogP contribution in [0.4, 0.5) is 0 Å². The molecule has 2 nitrogen and oxygen atoms in total. The van der Waals surface area contributed by atoms with Gasteiger partial charge in [0.2, 0.25) is 0 Å². The molecule has 0 radical (unpaired) electrons. The van der Waals surface area contributed by atoms with Crippen LogP contribution in [0.2, 0.25) is 0 Å². The van der Waals surface area contributed by atoms with Crippen LogP contribution in [0.25, 0.3) is 0 Å². The van der Waals surface area contributed by atoms with Gasteiger partial charge in [0.05, 0.1) is 0 Å². The van der Waals surface area contributed by atoms with Crippen LogP contribution in [-0.4, -0.2) is 12.1 Å². The predicted octanol–water partition coefficient (Wildman–Crippen LogP) is 4.36. The van der Waals surface area contributed by atoms with Crippen LogP contribution in [0.5, 0.6) is 0 Å². The summed E-state index contributed by atoms with van der Waals surface area (Å²) in [5.41, 5.74) is 11.5. The highest BCUT2D eigenvalue weighted by molar-refractivity contribution is 4.78. The van der Waals surface area contributed by atoms with Gasteiger partial charge in [-0.1, -0.05) is 77.6 Å². The van der Waals surface area contributed by atoms with E-state index in [-0.39, 0.29) is 5.54 Å². The minimum absolute atomic E-state index is 0.140. The summed E-state index contributed by atoms with van der Waals surface area (Å²) in [5.74, 6) is 0. The van der Waals surface area contributed by atoms with Gasteiger partial charge in [0, 0.05) is 12.1 Å². The zero-order valence-electron chi connectivity index (χ0n) is 12.8. The van der Waals surface area contributed by atoms with E-state index in [0.29, 0.717) is 6.54 Å². The molecule has 0 saturated heterocycles. The maximum Gasteiger partial charge on any atom is 0.0249 e. The fraction of sp³-hybridized carbons (Fsp3) is 1.00. The van der Waals surface area contributed by atoms with Crippen LogP contribution in [0.15, 0.2) is 0 Å². The van der Waals surface area contributed by atoms with Crippen LogP contribution in [0.3, 0.4) is 0 Å². The van der Waals surface area contributed by atoms with Gasteiger partial charge in [0.25, 0.3) is 0 Å². The van der Waals surface area contributed by atoms with E-state index in [1.807, 2.05) is 0 Å². The first-order valence-electron chi connectivity index (χ1n) is 8.11. The SMILES string of the molecule is CCCCCCCCCCCCCC(C)(N)CN. The zero-order valence-corrected chi connectivity index (χ0v) is 12.8. The fourth-order valence-corrected chi connectivity index (χ4v) is 2.30. The molecule has 0 bridgehead atoms. The molecule has 0 rings (SSSR count). The van der Waals surface area contributed by atoms with Crippen molar-refractivity contribution in [1.29, 1.82) is 0 Å². The molecule has 0 aliphatic carbocycles. The Morgan fingerprint density at radius 1 is 0.722 bits per heavy atom. The van der Waals surface area contributed by atoms with Crippen LogP contribution in [-0.2, 0) is 0 Å². The molecule has 1 unspecified atom stereocenters. The topological polar surface area (TPSA) is 52.0 Å². The quantitative estimate of drug-likeness (QED) is 0.481. The maximum absolute atomic E-state index is 6.01. The van der Waals surface area contributed by atoms with Crippen LogP contribution < -0.4 is 11.5 Å². The van der Waals surface area contributed by atoms with Gasteiger partial charge in [-0.25, -0.2) is 0 Å². The maximum atomic E-state index is 6.01. The number of nitrogens with two attached hydrogens (primary N) is 2. The first-order chi connectivity index (χ1) is 8.62. The van der Waals surface area contributed by atoms with Gasteiger partial charge in [-0.3, -0.25) is 0 Å². The fourth-order valence-electron chi connectivity index (χ4n) is 2.30. The molecular weight excluding hydrogens is 220 g/mol. The highest BCUT2D eigenvalue weighted by atomic mass is 14.8. The van der Waals surface area contributed by atoms with Gasteiger partial charge in [0.15, 0.2) is 0 Å². The smallest absolute Gasteiger partial charge is 0.0249 e. The molecule has 1 atom stereocenters. The molecule has 0 amide bonds. The van der Waals surface area contributed by atoms with E-state index in [2.05, 4.69) is 13.8 Å². The number of unbranched alkanes of at least 4 members (excludes halogenated alkanes) is 10. The molecule has 0 aromatic heterocycles. The number of rotatable bonds is 13. The minimum Gasteiger partial charge on any atom is -0.329 e. The molecule has 0 saturated carbocycles. The van der Waals surface area contributed by atoms with Crippen molar-refractivity contribution in [3.8, 4) is 0 Å². The lowest BCUT2D eigenvalue weighted by Gasteiger charge is -2.21. The van der Waals surface area contributed by atoms with Crippen molar-refractivity contribution < 1.29 is 0 Å². The Labute approximate surface area is 115 Å². The van der Waals surface area contributed by atoms with E-state index in [1.54, 1.807) is 0 Å². The molecule has 0 fully saturated rings. The summed E-state index contributed by atoms with van der Waals surface area (Å²) in [5, 5.41) is 0. The predicted molar refractivity (Wildman–Crippen MR) is 82.7 cm³/mol. The molecule has 110 valence electrons. The highest BCUT2D eigenvalue weighted by Crippen LogP contribution is 2.14. The second-order valence-electron chi connectivity index (χ2n) is 6.14. The van der Waals surface area contributed by atoms with Crippen molar-refractivity contribution in [2.45, 2.75) is 96.4 Å². The second-order valence-corrected chi connectivity index (χ2v) is 6.14. The monoisotopic (exact) mass is 256 g/mol. The third-order valence-electron chi connectivity index (χ3n) is 3.82. The van der Waals surface area contributed by atoms with Crippen molar-refractivity contribution in [3.63, 3.8) is 0 Å². The van der Waals surface area contributed by atoms with Gasteiger partial charge in [-0.2, -0.15) is 0 Å². The first-order valence-corrected chi connectivity index (χ1v) is 8.11.